The fraction of sp³-hybridized carbons (Fsp3) is 0.357. The first-order valence-electron chi connectivity index (χ1n) is 12.8. The number of nitrogens with one attached hydrogen (secondary N) is 1. The second kappa shape index (κ2) is 9.41. The fourth-order valence-electron chi connectivity index (χ4n) is 5.92. The van der Waals surface area contributed by atoms with E-state index in [1.54, 1.807) is 31.3 Å². The monoisotopic (exact) mass is 521 g/mol. The van der Waals surface area contributed by atoms with Gasteiger partial charge in [0.25, 0.3) is 6.43 Å². The number of fused-ring (bicyclic) bond motifs is 5. The van der Waals surface area contributed by atoms with Crippen LogP contribution in [0.2, 0.25) is 0 Å². The molecule has 2 unspecified atom stereocenters. The van der Waals surface area contributed by atoms with Crippen LogP contribution in [0.4, 0.5) is 30.4 Å². The number of pyridine rings is 2. The van der Waals surface area contributed by atoms with Gasteiger partial charge in [0.2, 0.25) is 17.8 Å². The molecule has 3 aromatic rings. The normalized spacial score (nSPS) is 21.9. The molecule has 3 aliphatic heterocycles. The summed E-state index contributed by atoms with van der Waals surface area (Å²) in [5.41, 5.74) is 1.44. The van der Waals surface area contributed by atoms with Crippen molar-refractivity contribution in [2.75, 3.05) is 21.7 Å². The smallest absolute Gasteiger partial charge is 0.263 e. The number of nitrogens with zero attached hydrogens (tertiary/aromatic N) is 4. The average molecular weight is 522 g/mol. The molecule has 1 N–H and O–H groups in total. The van der Waals surface area contributed by atoms with Crippen molar-refractivity contribution in [2.24, 2.45) is 0 Å². The van der Waals surface area contributed by atoms with Gasteiger partial charge in [-0.05, 0) is 50.8 Å². The lowest BCUT2D eigenvalue weighted by molar-refractivity contribution is -0.122. The Kier molecular flexibility index (Phi) is 6.04. The van der Waals surface area contributed by atoms with E-state index in [2.05, 4.69) is 20.2 Å². The average Bonchev–Trinajstić information content (AvgIpc) is 2.99. The minimum atomic E-state index is -2.62. The van der Waals surface area contributed by atoms with Crippen LogP contribution >= 0.6 is 0 Å². The van der Waals surface area contributed by atoms with Crippen LogP contribution in [0.1, 0.15) is 56.2 Å². The molecule has 2 fully saturated rings. The van der Waals surface area contributed by atoms with Crippen LogP contribution in [-0.2, 0) is 9.59 Å². The molecular weight excluding hydrogens is 495 g/mol. The number of carbonyl (C=O) groups excluding carboxylic acids is 2. The minimum absolute atomic E-state index is 0.134. The van der Waals surface area contributed by atoms with Gasteiger partial charge in [-0.3, -0.25) is 14.6 Å². The largest absolute Gasteiger partial charge is 0.350 e. The van der Waals surface area contributed by atoms with Gasteiger partial charge in [-0.2, -0.15) is 4.39 Å². The van der Waals surface area contributed by atoms with E-state index in [4.69, 9.17) is 0 Å². The van der Waals surface area contributed by atoms with Gasteiger partial charge >= 0.3 is 0 Å². The predicted molar refractivity (Wildman–Crippen MR) is 137 cm³/mol. The topological polar surface area (TPSA) is 78.4 Å². The van der Waals surface area contributed by atoms with Crippen LogP contribution < -0.4 is 15.1 Å². The number of aromatic nitrogens is 2. The van der Waals surface area contributed by atoms with E-state index in [9.17, 15) is 18.4 Å². The zero-order valence-corrected chi connectivity index (χ0v) is 20.7. The lowest BCUT2D eigenvalue weighted by Crippen LogP contribution is -2.59. The summed E-state index contributed by atoms with van der Waals surface area (Å²) in [5, 5.41) is 2.66. The van der Waals surface area contributed by atoms with Crippen LogP contribution in [0, 0.1) is 5.95 Å². The van der Waals surface area contributed by atoms with Crippen molar-refractivity contribution in [1.29, 1.82) is 0 Å². The molecule has 7 nitrogen and oxygen atoms in total. The summed E-state index contributed by atoms with van der Waals surface area (Å²) >= 11 is 0. The Morgan fingerprint density at radius 3 is 2.58 bits per heavy atom. The van der Waals surface area contributed by atoms with Crippen LogP contribution in [0.3, 0.4) is 0 Å². The van der Waals surface area contributed by atoms with Crippen molar-refractivity contribution >= 4 is 29.0 Å². The second-order valence-corrected chi connectivity index (χ2v) is 10.1. The first kappa shape index (κ1) is 24.4. The highest BCUT2D eigenvalue weighted by molar-refractivity contribution is 6.09. The summed E-state index contributed by atoms with van der Waals surface area (Å²) < 4.78 is 41.6. The lowest BCUT2D eigenvalue weighted by atomic mass is 9.79. The third-order valence-electron chi connectivity index (χ3n) is 7.80. The maximum Gasteiger partial charge on any atom is 0.263 e. The summed E-state index contributed by atoms with van der Waals surface area (Å²) in [7, 11) is 0. The van der Waals surface area contributed by atoms with Gasteiger partial charge in [0.05, 0.1) is 22.9 Å². The quantitative estimate of drug-likeness (QED) is 0.453. The fourth-order valence-corrected chi connectivity index (χ4v) is 5.92. The van der Waals surface area contributed by atoms with E-state index in [1.165, 1.54) is 29.2 Å². The molecule has 0 radical (unpaired) electrons. The summed E-state index contributed by atoms with van der Waals surface area (Å²) in [5.74, 6) is -1.93. The molecule has 5 heterocycles. The molecule has 2 saturated heterocycles. The number of halogens is 3. The molecule has 3 aliphatic rings. The molecule has 6 rings (SSSR count). The molecule has 10 heteroatoms. The Morgan fingerprint density at radius 1 is 1.16 bits per heavy atom. The molecule has 3 atom stereocenters. The molecule has 196 valence electrons. The SMILES string of the molecule is C[C@@H]1C(=O)N(CC(=O)Nc2ccc(C(F)F)cc2)c2cc(N3C4CCCC3C4)nc(F)c2-c2cccnc21. The molecular formula is C28H26F3N5O2. The number of hydrogen-bond donors (Lipinski definition) is 1. The molecule has 0 aliphatic carbocycles. The molecule has 0 saturated carbocycles. The lowest BCUT2D eigenvalue weighted by Gasteiger charge is -2.53. The molecule has 2 bridgehead atoms. The van der Waals surface area contributed by atoms with Crippen molar-refractivity contribution in [1.82, 2.24) is 9.97 Å². The van der Waals surface area contributed by atoms with E-state index < -0.39 is 36.7 Å². The number of rotatable bonds is 5. The van der Waals surface area contributed by atoms with Crippen LogP contribution in [0.15, 0.2) is 48.7 Å². The van der Waals surface area contributed by atoms with E-state index in [0.29, 0.717) is 34.8 Å². The molecule has 0 spiro atoms. The van der Waals surface area contributed by atoms with Gasteiger partial charge in [0.1, 0.15) is 12.4 Å². The molecule has 38 heavy (non-hydrogen) atoms. The van der Waals surface area contributed by atoms with Crippen molar-refractivity contribution in [3.05, 3.63) is 65.9 Å². The molecule has 1 aromatic carbocycles. The Labute approximate surface area is 217 Å². The van der Waals surface area contributed by atoms with Gasteiger partial charge in [0.15, 0.2) is 0 Å². The number of anilines is 3. The zero-order chi connectivity index (χ0) is 26.6. The third-order valence-corrected chi connectivity index (χ3v) is 7.80. The van der Waals surface area contributed by atoms with E-state index in [1.807, 2.05) is 0 Å². The highest BCUT2D eigenvalue weighted by Gasteiger charge is 2.43. The van der Waals surface area contributed by atoms with Gasteiger partial charge in [0, 0.05) is 41.2 Å². The summed E-state index contributed by atoms with van der Waals surface area (Å²) in [4.78, 5) is 38.9. The predicted octanol–water partition coefficient (Wildman–Crippen LogP) is 5.44. The third kappa shape index (κ3) is 4.08. The number of amides is 2. The molecule has 2 aromatic heterocycles. The second-order valence-electron chi connectivity index (χ2n) is 10.1. The Hall–Kier alpha value is -3.95. The van der Waals surface area contributed by atoms with Crippen molar-refractivity contribution in [3.63, 3.8) is 0 Å². The number of benzene rings is 1. The number of alkyl halides is 2. The van der Waals surface area contributed by atoms with Crippen molar-refractivity contribution in [3.8, 4) is 11.1 Å². The van der Waals surface area contributed by atoms with Crippen LogP contribution in [0.25, 0.3) is 11.1 Å². The Bertz CT molecular complexity index is 1400. The number of hydrogen-bond acceptors (Lipinski definition) is 5. The van der Waals surface area contributed by atoms with Gasteiger partial charge < -0.3 is 15.1 Å². The van der Waals surface area contributed by atoms with Crippen LogP contribution in [-0.4, -0.2) is 40.4 Å². The molecule has 2 amide bonds. The highest BCUT2D eigenvalue weighted by atomic mass is 19.3. The highest BCUT2D eigenvalue weighted by Crippen LogP contribution is 2.46. The van der Waals surface area contributed by atoms with Gasteiger partial charge in [-0.1, -0.05) is 18.2 Å². The summed E-state index contributed by atoms with van der Waals surface area (Å²) in [6.45, 7) is 1.29. The van der Waals surface area contributed by atoms with Crippen molar-refractivity contribution < 1.29 is 22.8 Å². The van der Waals surface area contributed by atoms with Gasteiger partial charge in [-0.15, -0.1) is 0 Å². The summed E-state index contributed by atoms with van der Waals surface area (Å²) in [6, 6.07) is 10.9. The summed E-state index contributed by atoms with van der Waals surface area (Å²) in [6.07, 6.45) is 3.12. The minimum Gasteiger partial charge on any atom is -0.350 e. The maximum atomic E-state index is 15.8. The first-order chi connectivity index (χ1) is 18.3. The number of carbonyl (C=O) groups is 2. The Balaban J connectivity index is 1.38. The van der Waals surface area contributed by atoms with Crippen molar-refractivity contribution in [2.45, 2.75) is 57.0 Å². The van der Waals surface area contributed by atoms with Gasteiger partial charge in [-0.25, -0.2) is 13.8 Å². The van der Waals surface area contributed by atoms with Crippen LogP contribution in [0.5, 0.6) is 0 Å². The number of piperidine rings is 1. The van der Waals surface area contributed by atoms with E-state index in [-0.39, 0.29) is 16.8 Å². The zero-order valence-electron chi connectivity index (χ0n) is 20.7. The Morgan fingerprint density at radius 2 is 1.89 bits per heavy atom. The van der Waals surface area contributed by atoms with E-state index >= 15 is 4.39 Å². The first-order valence-corrected chi connectivity index (χ1v) is 12.8. The standard InChI is InChI=1S/C28H26F3N5O2/c1-15-25-20(6-3-11-32-25)24-21(13-22(34-27(24)31)36-18-4-2-5-19(36)12-18)35(28(15)38)14-23(37)33-17-9-7-16(8-10-17)26(29)30/h3,6-11,13,15,18-19,26H,2,4-5,12,14H2,1H3,(H,33,37)/t15-,18?,19?/m0/s1. The van der Waals surface area contributed by atoms with E-state index in [0.717, 1.165) is 25.7 Å². The maximum absolute atomic E-state index is 15.8.